The number of benzene rings is 1. The number of ether oxygens (including phenoxy) is 1. The molecule has 22 heavy (non-hydrogen) atoms. The number of carbonyl (C=O) groups is 2. The second kappa shape index (κ2) is 7.93. The summed E-state index contributed by atoms with van der Waals surface area (Å²) in [5.74, 6) is -1.03. The Morgan fingerprint density at radius 2 is 1.82 bits per heavy atom. The molecule has 1 aromatic rings. The van der Waals surface area contributed by atoms with Crippen LogP contribution in [0.4, 0.5) is 0 Å². The van der Waals surface area contributed by atoms with Crippen LogP contribution in [0.25, 0.3) is 0 Å². The molecular weight excluding hydrogens is 306 g/mol. The molecule has 7 heteroatoms. The Labute approximate surface area is 130 Å². The maximum Gasteiger partial charge on any atom is 0.338 e. The lowest BCUT2D eigenvalue weighted by atomic mass is 10.2. The lowest BCUT2D eigenvalue weighted by Crippen LogP contribution is -2.35. The van der Waals surface area contributed by atoms with Gasteiger partial charge in [-0.3, -0.25) is 4.79 Å². The van der Waals surface area contributed by atoms with Crippen LogP contribution < -0.4 is 5.32 Å². The van der Waals surface area contributed by atoms with Gasteiger partial charge in [0.05, 0.1) is 10.5 Å². The summed E-state index contributed by atoms with van der Waals surface area (Å²) in [6.07, 6.45) is 2.89. The van der Waals surface area contributed by atoms with Gasteiger partial charge in [-0.05, 0) is 37.6 Å². The highest BCUT2D eigenvalue weighted by Gasteiger charge is 2.13. The maximum absolute atomic E-state index is 11.8. The molecule has 1 amide bonds. The normalized spacial score (nSPS) is 12.5. The summed E-state index contributed by atoms with van der Waals surface area (Å²) in [5, 5.41) is 2.72. The number of hydrogen-bond acceptors (Lipinski definition) is 5. The predicted octanol–water partition coefficient (Wildman–Crippen LogP) is 1.55. The lowest BCUT2D eigenvalue weighted by molar-refractivity contribution is -0.124. The van der Waals surface area contributed by atoms with Crippen LogP contribution in [0.1, 0.15) is 37.0 Å². The van der Waals surface area contributed by atoms with Crippen molar-refractivity contribution in [2.75, 3.05) is 12.9 Å². The Balaban J connectivity index is 2.54. The van der Waals surface area contributed by atoms with Crippen molar-refractivity contribution in [1.82, 2.24) is 5.32 Å². The minimum atomic E-state index is -3.31. The molecule has 1 rings (SSSR count). The highest BCUT2D eigenvalue weighted by molar-refractivity contribution is 7.90. The molecule has 0 saturated carbocycles. The summed E-state index contributed by atoms with van der Waals surface area (Å²) in [4.78, 5) is 23.5. The third kappa shape index (κ3) is 5.85. The molecule has 0 aliphatic heterocycles. The van der Waals surface area contributed by atoms with Crippen molar-refractivity contribution in [3.05, 3.63) is 29.8 Å². The number of nitrogens with one attached hydrogen (secondary N) is 1. The first-order valence-electron chi connectivity index (χ1n) is 7.00. The van der Waals surface area contributed by atoms with Gasteiger partial charge in [0.15, 0.2) is 16.4 Å². The van der Waals surface area contributed by atoms with E-state index in [4.69, 9.17) is 4.74 Å². The molecule has 1 aromatic carbocycles. The van der Waals surface area contributed by atoms with Crippen LogP contribution in [0.3, 0.4) is 0 Å². The summed E-state index contributed by atoms with van der Waals surface area (Å²) in [7, 11) is -3.31. The number of rotatable bonds is 7. The van der Waals surface area contributed by atoms with Crippen molar-refractivity contribution in [3.63, 3.8) is 0 Å². The molecular formula is C15H21NO5S. The molecule has 0 radical (unpaired) electrons. The van der Waals surface area contributed by atoms with Gasteiger partial charge in [0.2, 0.25) is 0 Å². The van der Waals surface area contributed by atoms with Gasteiger partial charge in [-0.15, -0.1) is 0 Å². The van der Waals surface area contributed by atoms with Gasteiger partial charge in [-0.2, -0.15) is 0 Å². The maximum atomic E-state index is 11.8. The van der Waals surface area contributed by atoms with E-state index < -0.39 is 15.8 Å². The summed E-state index contributed by atoms with van der Waals surface area (Å²) in [5.41, 5.74) is 0.196. The van der Waals surface area contributed by atoms with Crippen molar-refractivity contribution in [3.8, 4) is 0 Å². The number of sulfone groups is 1. The molecule has 0 spiro atoms. The van der Waals surface area contributed by atoms with E-state index in [0.29, 0.717) is 0 Å². The summed E-state index contributed by atoms with van der Waals surface area (Å²) in [6, 6.07) is 5.40. The van der Waals surface area contributed by atoms with Crippen LogP contribution in [0.5, 0.6) is 0 Å². The van der Waals surface area contributed by atoms with Crippen molar-refractivity contribution in [2.45, 2.75) is 37.6 Å². The van der Waals surface area contributed by atoms with E-state index in [1.165, 1.54) is 24.3 Å². The van der Waals surface area contributed by atoms with E-state index in [-0.39, 0.29) is 29.0 Å². The second-order valence-corrected chi connectivity index (χ2v) is 7.15. The topological polar surface area (TPSA) is 89.5 Å². The quantitative estimate of drug-likeness (QED) is 0.768. The van der Waals surface area contributed by atoms with Crippen LogP contribution >= 0.6 is 0 Å². The molecule has 0 aromatic heterocycles. The Hall–Kier alpha value is -1.89. The Morgan fingerprint density at radius 3 is 2.32 bits per heavy atom. The lowest BCUT2D eigenvalue weighted by Gasteiger charge is -2.12. The minimum absolute atomic E-state index is 0.0326. The molecule has 1 N–H and O–H groups in total. The van der Waals surface area contributed by atoms with Gasteiger partial charge in [-0.1, -0.05) is 13.3 Å². The third-order valence-electron chi connectivity index (χ3n) is 2.98. The van der Waals surface area contributed by atoms with Crippen LogP contribution in [-0.4, -0.2) is 39.2 Å². The predicted molar refractivity (Wildman–Crippen MR) is 82.3 cm³/mol. The molecule has 1 unspecified atom stereocenters. The molecule has 0 aliphatic carbocycles. The number of hydrogen-bond donors (Lipinski definition) is 1. The number of amides is 1. The third-order valence-corrected chi connectivity index (χ3v) is 4.11. The zero-order valence-corrected chi connectivity index (χ0v) is 13.8. The zero-order valence-electron chi connectivity index (χ0n) is 13.0. The van der Waals surface area contributed by atoms with Gasteiger partial charge in [-0.25, -0.2) is 13.2 Å². The summed E-state index contributed by atoms with van der Waals surface area (Å²) >= 11 is 0. The number of carbonyl (C=O) groups excluding carboxylic acids is 2. The van der Waals surface area contributed by atoms with E-state index in [1.807, 2.05) is 13.8 Å². The van der Waals surface area contributed by atoms with E-state index in [2.05, 4.69) is 5.32 Å². The van der Waals surface area contributed by atoms with Crippen molar-refractivity contribution in [1.29, 1.82) is 0 Å². The van der Waals surface area contributed by atoms with Gasteiger partial charge in [0, 0.05) is 12.3 Å². The SMILES string of the molecule is CCCC(C)NC(=O)COC(=O)c1ccc(S(C)(=O)=O)cc1. The molecule has 0 bridgehead atoms. The molecule has 0 fully saturated rings. The van der Waals surface area contributed by atoms with Crippen LogP contribution in [0.2, 0.25) is 0 Å². The van der Waals surface area contributed by atoms with Crippen molar-refractivity contribution >= 4 is 21.7 Å². The fraction of sp³-hybridized carbons (Fsp3) is 0.467. The number of esters is 1. The van der Waals surface area contributed by atoms with Crippen LogP contribution in [-0.2, 0) is 19.4 Å². The Morgan fingerprint density at radius 1 is 1.23 bits per heavy atom. The molecule has 0 aliphatic rings. The first kappa shape index (κ1) is 18.2. The average Bonchev–Trinajstić information content (AvgIpc) is 2.44. The molecule has 0 heterocycles. The zero-order chi connectivity index (χ0) is 16.8. The second-order valence-electron chi connectivity index (χ2n) is 5.13. The average molecular weight is 327 g/mol. The van der Waals surface area contributed by atoms with E-state index >= 15 is 0 Å². The summed E-state index contributed by atoms with van der Waals surface area (Å²) < 4.78 is 27.5. The van der Waals surface area contributed by atoms with Crippen molar-refractivity contribution in [2.24, 2.45) is 0 Å². The Kier molecular flexibility index (Phi) is 6.55. The van der Waals surface area contributed by atoms with E-state index in [1.54, 1.807) is 0 Å². The molecule has 122 valence electrons. The first-order chi connectivity index (χ1) is 10.2. The molecule has 6 nitrogen and oxygen atoms in total. The largest absolute Gasteiger partial charge is 0.452 e. The van der Waals surface area contributed by atoms with Gasteiger partial charge >= 0.3 is 5.97 Å². The van der Waals surface area contributed by atoms with Gasteiger partial charge in [0.25, 0.3) is 5.91 Å². The highest BCUT2D eigenvalue weighted by atomic mass is 32.2. The van der Waals surface area contributed by atoms with Crippen LogP contribution in [0, 0.1) is 0 Å². The first-order valence-corrected chi connectivity index (χ1v) is 8.89. The molecule has 0 saturated heterocycles. The monoisotopic (exact) mass is 327 g/mol. The van der Waals surface area contributed by atoms with Crippen LogP contribution in [0.15, 0.2) is 29.2 Å². The fourth-order valence-electron chi connectivity index (χ4n) is 1.87. The van der Waals surface area contributed by atoms with Gasteiger partial charge in [0.1, 0.15) is 0 Å². The van der Waals surface area contributed by atoms with E-state index in [0.717, 1.165) is 19.1 Å². The van der Waals surface area contributed by atoms with E-state index in [9.17, 15) is 18.0 Å². The van der Waals surface area contributed by atoms with Crippen molar-refractivity contribution < 1.29 is 22.7 Å². The fourth-order valence-corrected chi connectivity index (χ4v) is 2.50. The standard InChI is InChI=1S/C15H21NO5S/c1-4-5-11(2)16-14(17)10-21-15(18)12-6-8-13(9-7-12)22(3,19)20/h6-9,11H,4-5,10H2,1-3H3,(H,16,17). The Bertz CT molecular complexity index is 622. The summed E-state index contributed by atoms with van der Waals surface area (Å²) in [6.45, 7) is 3.54. The smallest absolute Gasteiger partial charge is 0.338 e. The molecule has 1 atom stereocenters. The highest BCUT2D eigenvalue weighted by Crippen LogP contribution is 2.11. The minimum Gasteiger partial charge on any atom is -0.452 e. The van der Waals surface area contributed by atoms with Gasteiger partial charge < -0.3 is 10.1 Å².